The average Bonchev–Trinajstić information content (AvgIpc) is 2.17. The van der Waals surface area contributed by atoms with Gasteiger partial charge >= 0.3 is 0 Å². The number of aliphatic hydroxyl groups excluding tert-OH is 1. The molecule has 1 rings (SSSR count). The molecule has 1 heterocycles. The summed E-state index contributed by atoms with van der Waals surface area (Å²) in [6, 6.07) is 1.94. The molecule has 0 saturated carbocycles. The maximum absolute atomic E-state index is 8.91. The first-order valence-electron chi connectivity index (χ1n) is 4.92. The predicted octanol–water partition coefficient (Wildman–Crippen LogP) is 0.994. The van der Waals surface area contributed by atoms with Crippen molar-refractivity contribution >= 4 is 5.82 Å². The van der Waals surface area contributed by atoms with Crippen molar-refractivity contribution in [3.63, 3.8) is 0 Å². The van der Waals surface area contributed by atoms with Crippen molar-refractivity contribution in [1.82, 2.24) is 9.97 Å². The van der Waals surface area contributed by atoms with Gasteiger partial charge in [-0.25, -0.2) is 9.97 Å². The molecule has 0 bridgehead atoms. The van der Waals surface area contributed by atoms with Gasteiger partial charge in [0, 0.05) is 24.8 Å². The van der Waals surface area contributed by atoms with Crippen molar-refractivity contribution < 1.29 is 5.11 Å². The van der Waals surface area contributed by atoms with Crippen LogP contribution in [0.15, 0.2) is 12.4 Å². The van der Waals surface area contributed by atoms with Gasteiger partial charge in [0.1, 0.15) is 12.1 Å². The first-order valence-corrected chi connectivity index (χ1v) is 4.92. The zero-order valence-electron chi connectivity index (χ0n) is 8.77. The number of aromatic nitrogens is 2. The summed E-state index contributed by atoms with van der Waals surface area (Å²) in [6.07, 6.45) is 2.60. The summed E-state index contributed by atoms with van der Waals surface area (Å²) in [5.74, 6) is 0.897. The van der Waals surface area contributed by atoms with Crippen molar-refractivity contribution in [3.05, 3.63) is 18.1 Å². The van der Waals surface area contributed by atoms with E-state index in [2.05, 4.69) is 21.8 Å². The highest BCUT2D eigenvalue weighted by Gasteiger charge is 2.05. The number of hydrogen-bond donors (Lipinski definition) is 1. The Balaban J connectivity index is 2.75. The Hall–Kier alpha value is -1.16. The zero-order chi connectivity index (χ0) is 10.4. The Labute approximate surface area is 84.6 Å². The maximum atomic E-state index is 8.91. The van der Waals surface area contributed by atoms with Crippen LogP contribution in [-0.2, 0) is 0 Å². The van der Waals surface area contributed by atoms with Gasteiger partial charge in [0.2, 0.25) is 0 Å². The van der Waals surface area contributed by atoms with Crippen LogP contribution >= 0.6 is 0 Å². The smallest absolute Gasteiger partial charge is 0.132 e. The van der Waals surface area contributed by atoms with Gasteiger partial charge in [-0.2, -0.15) is 0 Å². The average molecular weight is 195 g/mol. The number of aliphatic hydroxyl groups is 1. The molecule has 0 aliphatic carbocycles. The van der Waals surface area contributed by atoms with Crippen LogP contribution in [0.5, 0.6) is 0 Å². The molecule has 0 aliphatic heterocycles. The molecule has 0 saturated heterocycles. The first kappa shape index (κ1) is 10.9. The molecular weight excluding hydrogens is 178 g/mol. The fourth-order valence-electron chi connectivity index (χ4n) is 1.34. The van der Waals surface area contributed by atoms with Crippen molar-refractivity contribution in [2.45, 2.75) is 20.3 Å². The van der Waals surface area contributed by atoms with Gasteiger partial charge in [0.15, 0.2) is 0 Å². The normalized spacial score (nSPS) is 10.2. The molecule has 1 aromatic rings. The van der Waals surface area contributed by atoms with E-state index >= 15 is 0 Å². The van der Waals surface area contributed by atoms with Crippen molar-refractivity contribution in [2.24, 2.45) is 0 Å². The molecule has 14 heavy (non-hydrogen) atoms. The first-order chi connectivity index (χ1) is 6.77. The van der Waals surface area contributed by atoms with Gasteiger partial charge in [-0.15, -0.1) is 0 Å². The van der Waals surface area contributed by atoms with Crippen molar-refractivity contribution in [2.75, 3.05) is 24.6 Å². The van der Waals surface area contributed by atoms with Crippen molar-refractivity contribution in [3.8, 4) is 0 Å². The van der Waals surface area contributed by atoms with Gasteiger partial charge in [0.05, 0.1) is 6.61 Å². The van der Waals surface area contributed by atoms with E-state index in [9.17, 15) is 0 Å². The van der Waals surface area contributed by atoms with E-state index in [0.717, 1.165) is 24.5 Å². The Bertz CT molecular complexity index is 272. The molecule has 0 unspecified atom stereocenters. The third-order valence-electron chi connectivity index (χ3n) is 1.98. The highest BCUT2D eigenvalue weighted by Crippen LogP contribution is 2.10. The number of nitrogens with zero attached hydrogens (tertiary/aromatic N) is 3. The maximum Gasteiger partial charge on any atom is 0.132 e. The lowest BCUT2D eigenvalue weighted by Gasteiger charge is -2.21. The van der Waals surface area contributed by atoms with E-state index in [-0.39, 0.29) is 6.61 Å². The zero-order valence-corrected chi connectivity index (χ0v) is 8.77. The molecule has 4 heteroatoms. The van der Waals surface area contributed by atoms with Crippen LogP contribution in [0.1, 0.15) is 19.0 Å². The van der Waals surface area contributed by atoms with Gasteiger partial charge in [-0.05, 0) is 13.3 Å². The predicted molar refractivity (Wildman–Crippen MR) is 56.4 cm³/mol. The molecule has 4 nitrogen and oxygen atoms in total. The van der Waals surface area contributed by atoms with E-state index < -0.39 is 0 Å². The lowest BCUT2D eigenvalue weighted by atomic mass is 10.3. The van der Waals surface area contributed by atoms with E-state index in [1.54, 1.807) is 6.33 Å². The van der Waals surface area contributed by atoms with Gasteiger partial charge < -0.3 is 10.0 Å². The van der Waals surface area contributed by atoms with Crippen LogP contribution in [0.2, 0.25) is 0 Å². The number of aryl methyl sites for hydroxylation is 1. The van der Waals surface area contributed by atoms with E-state index in [0.29, 0.717) is 6.54 Å². The largest absolute Gasteiger partial charge is 0.395 e. The second-order valence-corrected chi connectivity index (χ2v) is 3.23. The number of hydrogen-bond acceptors (Lipinski definition) is 4. The van der Waals surface area contributed by atoms with Gasteiger partial charge in [-0.3, -0.25) is 0 Å². The molecule has 0 spiro atoms. The third-order valence-corrected chi connectivity index (χ3v) is 1.98. The van der Waals surface area contributed by atoms with Crippen LogP contribution in [0.3, 0.4) is 0 Å². The molecule has 0 fully saturated rings. The summed E-state index contributed by atoms with van der Waals surface area (Å²) in [7, 11) is 0. The van der Waals surface area contributed by atoms with Crippen LogP contribution < -0.4 is 4.90 Å². The second-order valence-electron chi connectivity index (χ2n) is 3.23. The topological polar surface area (TPSA) is 49.2 Å². The second kappa shape index (κ2) is 5.54. The Kier molecular flexibility index (Phi) is 4.32. The lowest BCUT2D eigenvalue weighted by molar-refractivity contribution is 0.301. The standard InChI is InChI=1S/C10H17N3O/c1-3-4-13(5-6-14)10-7-9(2)11-8-12-10/h7-8,14H,3-6H2,1-2H3. The molecule has 0 aliphatic rings. The van der Waals surface area contributed by atoms with Gasteiger partial charge in [0.25, 0.3) is 0 Å². The molecule has 0 amide bonds. The minimum atomic E-state index is 0.156. The minimum absolute atomic E-state index is 0.156. The Morgan fingerprint density at radius 1 is 1.36 bits per heavy atom. The quantitative estimate of drug-likeness (QED) is 0.761. The summed E-state index contributed by atoms with van der Waals surface area (Å²) in [6.45, 7) is 5.75. The van der Waals surface area contributed by atoms with Crippen LogP contribution in [0.25, 0.3) is 0 Å². The number of rotatable bonds is 5. The van der Waals surface area contributed by atoms with Crippen LogP contribution in [0.4, 0.5) is 5.82 Å². The molecule has 1 aromatic heterocycles. The fourth-order valence-corrected chi connectivity index (χ4v) is 1.34. The summed E-state index contributed by atoms with van der Waals surface area (Å²) in [5.41, 5.74) is 0.953. The SMILES string of the molecule is CCCN(CCO)c1cc(C)ncn1. The van der Waals surface area contributed by atoms with Crippen molar-refractivity contribution in [1.29, 1.82) is 0 Å². The highest BCUT2D eigenvalue weighted by atomic mass is 16.3. The molecule has 78 valence electrons. The van der Waals surface area contributed by atoms with Crippen LogP contribution in [-0.4, -0.2) is 34.8 Å². The molecule has 1 N–H and O–H groups in total. The summed E-state index contributed by atoms with van der Waals surface area (Å²) in [5, 5.41) is 8.91. The van der Waals surface area contributed by atoms with Crippen LogP contribution in [0, 0.1) is 6.92 Å². The Morgan fingerprint density at radius 3 is 2.71 bits per heavy atom. The lowest BCUT2D eigenvalue weighted by Crippen LogP contribution is -2.28. The van der Waals surface area contributed by atoms with Gasteiger partial charge in [-0.1, -0.05) is 6.92 Å². The Morgan fingerprint density at radius 2 is 2.14 bits per heavy atom. The molecular formula is C10H17N3O. The molecule has 0 aromatic carbocycles. The fraction of sp³-hybridized carbons (Fsp3) is 0.600. The number of anilines is 1. The highest BCUT2D eigenvalue weighted by molar-refractivity contribution is 5.38. The summed E-state index contributed by atoms with van der Waals surface area (Å²) >= 11 is 0. The monoisotopic (exact) mass is 195 g/mol. The summed E-state index contributed by atoms with van der Waals surface area (Å²) < 4.78 is 0. The summed E-state index contributed by atoms with van der Waals surface area (Å²) in [4.78, 5) is 10.3. The molecule has 0 radical (unpaired) electrons. The van der Waals surface area contributed by atoms with E-state index in [4.69, 9.17) is 5.11 Å². The minimum Gasteiger partial charge on any atom is -0.395 e. The van der Waals surface area contributed by atoms with E-state index in [1.807, 2.05) is 13.0 Å². The van der Waals surface area contributed by atoms with E-state index in [1.165, 1.54) is 0 Å². The third kappa shape index (κ3) is 2.96. The molecule has 0 atom stereocenters.